The van der Waals surface area contributed by atoms with Crippen LogP contribution < -0.4 is 5.32 Å². The highest BCUT2D eigenvalue weighted by atomic mass is 127. The molecule has 5 nitrogen and oxygen atoms in total. The van der Waals surface area contributed by atoms with E-state index in [1.807, 2.05) is 6.92 Å². The van der Waals surface area contributed by atoms with Crippen molar-refractivity contribution < 1.29 is 22.0 Å². The first kappa shape index (κ1) is 24.1. The molecule has 0 aliphatic heterocycles. The van der Waals surface area contributed by atoms with Gasteiger partial charge < -0.3 is 10.2 Å². The van der Waals surface area contributed by atoms with Crippen LogP contribution in [-0.4, -0.2) is 34.0 Å². The minimum absolute atomic E-state index is 0. The Hall–Kier alpha value is -1.92. The second-order valence-electron chi connectivity index (χ2n) is 5.75. The van der Waals surface area contributed by atoms with Gasteiger partial charge in [0.15, 0.2) is 5.96 Å². The lowest BCUT2D eigenvalue weighted by atomic mass is 10.1. The topological polar surface area (TPSA) is 45.5 Å². The van der Waals surface area contributed by atoms with Crippen molar-refractivity contribution in [2.75, 3.05) is 13.6 Å². The predicted molar refractivity (Wildman–Crippen MR) is 107 cm³/mol. The smallest absolute Gasteiger partial charge is 0.357 e. The summed E-state index contributed by atoms with van der Waals surface area (Å²) in [6, 6.07) is 4.83. The van der Waals surface area contributed by atoms with E-state index in [-0.39, 0.29) is 36.3 Å². The zero-order chi connectivity index (χ0) is 20.0. The van der Waals surface area contributed by atoms with Gasteiger partial charge in [-0.1, -0.05) is 12.1 Å². The molecular weight excluding hydrogens is 496 g/mol. The first-order valence-electron chi connectivity index (χ1n) is 8.17. The predicted octanol–water partition coefficient (Wildman–Crippen LogP) is 4.51. The van der Waals surface area contributed by atoms with Crippen molar-refractivity contribution in [3.8, 4) is 0 Å². The van der Waals surface area contributed by atoms with E-state index in [1.54, 1.807) is 11.9 Å². The number of aromatic nitrogens is 2. The molecule has 0 radical (unpaired) electrons. The zero-order valence-electron chi connectivity index (χ0n) is 15.2. The van der Waals surface area contributed by atoms with Gasteiger partial charge in [0.2, 0.25) is 0 Å². The van der Waals surface area contributed by atoms with E-state index in [2.05, 4.69) is 15.3 Å². The average Bonchev–Trinajstić information content (AvgIpc) is 3.07. The van der Waals surface area contributed by atoms with Gasteiger partial charge in [0.25, 0.3) is 0 Å². The van der Waals surface area contributed by atoms with Gasteiger partial charge in [0.05, 0.1) is 5.56 Å². The summed E-state index contributed by atoms with van der Waals surface area (Å²) in [5, 5.41) is 3.02. The Morgan fingerprint density at radius 1 is 1.25 bits per heavy atom. The molecule has 0 amide bonds. The van der Waals surface area contributed by atoms with Crippen molar-refractivity contribution in [2.45, 2.75) is 32.7 Å². The quantitative estimate of drug-likeness (QED) is 0.266. The van der Waals surface area contributed by atoms with Crippen LogP contribution in [0.2, 0.25) is 0 Å². The van der Waals surface area contributed by atoms with Gasteiger partial charge in [-0.25, -0.2) is 9.98 Å². The number of nitrogens with zero attached hydrogens (tertiary/aromatic N) is 4. The van der Waals surface area contributed by atoms with Gasteiger partial charge in [0, 0.05) is 32.5 Å². The molecule has 0 saturated heterocycles. The van der Waals surface area contributed by atoms with Crippen LogP contribution >= 0.6 is 24.0 Å². The van der Waals surface area contributed by atoms with E-state index >= 15 is 0 Å². The van der Waals surface area contributed by atoms with E-state index in [1.165, 1.54) is 24.5 Å². The highest BCUT2D eigenvalue weighted by Crippen LogP contribution is 2.29. The summed E-state index contributed by atoms with van der Waals surface area (Å²) in [6.45, 7) is -0.0733. The Kier molecular flexibility index (Phi) is 9.11. The Labute approximate surface area is 176 Å². The van der Waals surface area contributed by atoms with Gasteiger partial charge >= 0.3 is 12.7 Å². The van der Waals surface area contributed by atoms with Crippen LogP contribution in [0.15, 0.2) is 41.7 Å². The van der Waals surface area contributed by atoms with Crippen molar-refractivity contribution in [1.29, 1.82) is 0 Å². The van der Waals surface area contributed by atoms with E-state index < -0.39 is 18.3 Å². The fourth-order valence-electron chi connectivity index (χ4n) is 2.41. The summed E-state index contributed by atoms with van der Waals surface area (Å²) in [7, 11) is 1.71. The minimum atomic E-state index is -4.38. The van der Waals surface area contributed by atoms with Gasteiger partial charge in [-0.3, -0.25) is 4.57 Å². The molecule has 1 aromatic heterocycles. The van der Waals surface area contributed by atoms with E-state index in [0.717, 1.165) is 16.7 Å². The number of nitrogens with one attached hydrogen (secondary N) is 1. The van der Waals surface area contributed by atoms with Gasteiger partial charge in [-0.05, 0) is 24.6 Å². The normalized spacial score (nSPS) is 12.1. The number of hydrogen-bond acceptors (Lipinski definition) is 2. The fourth-order valence-corrected chi connectivity index (χ4v) is 2.41. The van der Waals surface area contributed by atoms with Crippen LogP contribution in [0.25, 0.3) is 0 Å². The standard InChI is InChI=1S/C17H20F5N5.HI/c1-3-23-16(25-10-14-24-8-9-27(14)15(18)19)26(2)11-12-4-6-13(7-5-12)17(20,21)22;/h4-9,15H,3,10-11H2,1-2H3,(H,23,25);1H. The summed E-state index contributed by atoms with van der Waals surface area (Å²) in [5.74, 6) is 0.546. The van der Waals surface area contributed by atoms with Crippen LogP contribution in [0.4, 0.5) is 22.0 Å². The maximum absolute atomic E-state index is 12.9. The molecule has 0 fully saturated rings. The molecule has 2 aromatic rings. The number of alkyl halides is 5. The molecule has 1 heterocycles. The van der Waals surface area contributed by atoms with E-state index in [0.29, 0.717) is 24.6 Å². The Bertz CT molecular complexity index is 758. The van der Waals surface area contributed by atoms with Gasteiger partial charge in [-0.2, -0.15) is 22.0 Å². The molecule has 0 aliphatic rings. The number of imidazole rings is 1. The summed E-state index contributed by atoms with van der Waals surface area (Å²) in [4.78, 5) is 9.85. The van der Waals surface area contributed by atoms with Gasteiger partial charge in [-0.15, -0.1) is 24.0 Å². The second-order valence-corrected chi connectivity index (χ2v) is 5.75. The number of hydrogen-bond donors (Lipinski definition) is 1. The molecule has 1 N–H and O–H groups in total. The highest BCUT2D eigenvalue weighted by molar-refractivity contribution is 14.0. The molecule has 1 aromatic carbocycles. The van der Waals surface area contributed by atoms with Crippen LogP contribution in [0, 0.1) is 0 Å². The average molecular weight is 517 g/mol. The summed E-state index contributed by atoms with van der Waals surface area (Å²) < 4.78 is 64.4. The van der Waals surface area contributed by atoms with E-state index in [9.17, 15) is 22.0 Å². The summed E-state index contributed by atoms with van der Waals surface area (Å²) >= 11 is 0. The second kappa shape index (κ2) is 10.6. The van der Waals surface area contributed by atoms with Crippen molar-refractivity contribution in [3.05, 3.63) is 53.6 Å². The third-order valence-corrected chi connectivity index (χ3v) is 3.73. The first-order valence-corrected chi connectivity index (χ1v) is 8.17. The lowest BCUT2D eigenvalue weighted by Gasteiger charge is -2.22. The molecule has 11 heteroatoms. The molecule has 0 unspecified atom stereocenters. The Balaban J connectivity index is 0.00000392. The number of halogens is 6. The number of guanidine groups is 1. The third-order valence-electron chi connectivity index (χ3n) is 3.73. The number of aliphatic imine (C=N–C) groups is 1. The van der Waals surface area contributed by atoms with Crippen LogP contribution in [-0.2, 0) is 19.3 Å². The Morgan fingerprint density at radius 3 is 2.43 bits per heavy atom. The maximum Gasteiger partial charge on any atom is 0.416 e. The van der Waals surface area contributed by atoms with E-state index in [4.69, 9.17) is 0 Å². The third kappa shape index (κ3) is 6.60. The van der Waals surface area contributed by atoms with Gasteiger partial charge in [0.1, 0.15) is 12.4 Å². The molecule has 28 heavy (non-hydrogen) atoms. The van der Waals surface area contributed by atoms with Crippen molar-refractivity contribution in [3.63, 3.8) is 0 Å². The molecular formula is C17H21F5IN5. The minimum Gasteiger partial charge on any atom is -0.357 e. The number of benzene rings is 1. The molecule has 0 spiro atoms. The van der Waals surface area contributed by atoms with Crippen molar-refractivity contribution >= 4 is 29.9 Å². The fraction of sp³-hybridized carbons (Fsp3) is 0.412. The van der Waals surface area contributed by atoms with Crippen molar-refractivity contribution in [1.82, 2.24) is 19.8 Å². The largest absolute Gasteiger partial charge is 0.416 e. The molecule has 156 valence electrons. The SMILES string of the molecule is CCNC(=NCc1nccn1C(F)F)N(C)Cc1ccc(C(F)(F)F)cc1.I. The molecule has 0 bridgehead atoms. The van der Waals surface area contributed by atoms with Crippen LogP contribution in [0.5, 0.6) is 0 Å². The highest BCUT2D eigenvalue weighted by Gasteiger charge is 2.29. The number of rotatable bonds is 6. The molecule has 2 rings (SSSR count). The zero-order valence-corrected chi connectivity index (χ0v) is 17.6. The summed E-state index contributed by atoms with van der Waals surface area (Å²) in [5.41, 5.74) is -0.0569. The molecule has 0 saturated carbocycles. The monoisotopic (exact) mass is 517 g/mol. The van der Waals surface area contributed by atoms with Crippen LogP contribution in [0.1, 0.15) is 30.4 Å². The first-order chi connectivity index (χ1) is 12.7. The molecule has 0 atom stereocenters. The maximum atomic E-state index is 12.9. The lowest BCUT2D eigenvalue weighted by molar-refractivity contribution is -0.137. The lowest BCUT2D eigenvalue weighted by Crippen LogP contribution is -2.38. The molecule has 0 aliphatic carbocycles. The Morgan fingerprint density at radius 2 is 1.89 bits per heavy atom. The summed E-state index contributed by atoms with van der Waals surface area (Å²) in [6.07, 6.45) is -1.93. The van der Waals surface area contributed by atoms with Crippen LogP contribution in [0.3, 0.4) is 0 Å². The van der Waals surface area contributed by atoms with Crippen molar-refractivity contribution in [2.24, 2.45) is 4.99 Å².